The number of phenols is 1. The number of nitrogens with one attached hydrogen (secondary N) is 1. The summed E-state index contributed by atoms with van der Waals surface area (Å²) in [7, 11) is 0. The number of carbonyl (C=O) groups is 1. The van der Waals surface area contributed by atoms with Crippen LogP contribution in [0.5, 0.6) is 17.2 Å². The lowest BCUT2D eigenvalue weighted by molar-refractivity contribution is -0.114. The van der Waals surface area contributed by atoms with Gasteiger partial charge in [0.15, 0.2) is 11.5 Å². The molecule has 1 heterocycles. The van der Waals surface area contributed by atoms with Gasteiger partial charge in [-0.3, -0.25) is 9.69 Å². The fraction of sp³-hybridized carbons (Fsp3) is 0.381. The van der Waals surface area contributed by atoms with Gasteiger partial charge in [0, 0.05) is 31.6 Å². The fourth-order valence-electron chi connectivity index (χ4n) is 3.26. The van der Waals surface area contributed by atoms with Crippen LogP contribution < -0.4 is 14.8 Å². The van der Waals surface area contributed by atoms with E-state index in [0.717, 1.165) is 18.7 Å². The topological polar surface area (TPSA) is 91.3 Å². The molecule has 0 bridgehead atoms. The molecule has 1 amide bonds. The van der Waals surface area contributed by atoms with E-state index < -0.39 is 6.10 Å². The molecule has 0 aliphatic carbocycles. The average molecular weight is 421 g/mol. The molecule has 0 saturated carbocycles. The molecule has 2 unspecified atom stereocenters. The number of amides is 1. The number of β-amino-alcohol motifs (C(OH)–C–C–N with tert-alkyl or cyclic N) is 1. The van der Waals surface area contributed by atoms with Crippen LogP contribution in [-0.4, -0.2) is 59.5 Å². The van der Waals surface area contributed by atoms with Crippen LogP contribution in [0.1, 0.15) is 13.3 Å². The lowest BCUT2D eigenvalue weighted by Gasteiger charge is -2.21. The second-order valence-electron chi connectivity index (χ2n) is 7.04. The van der Waals surface area contributed by atoms with Crippen LogP contribution in [0, 0.1) is 0 Å². The molecular formula is C21H25ClN2O5. The standard InChI is InChI=1S/C21H25ClN2O5/c1-14(25)23-19-3-2-4-20(27)21(19)28-13-16(26)11-24-10-9-18(12-24)29-17-7-5-15(22)6-8-17/h2-8,16,18,26-27H,9-13H2,1H3,(H,23,25). The smallest absolute Gasteiger partial charge is 0.221 e. The third-order valence-electron chi connectivity index (χ3n) is 4.54. The monoisotopic (exact) mass is 420 g/mol. The predicted molar refractivity (Wildman–Crippen MR) is 111 cm³/mol. The van der Waals surface area contributed by atoms with Crippen molar-refractivity contribution in [2.45, 2.75) is 25.6 Å². The first-order valence-electron chi connectivity index (χ1n) is 9.45. The minimum absolute atomic E-state index is 0.0105. The van der Waals surface area contributed by atoms with Crippen molar-refractivity contribution in [2.24, 2.45) is 0 Å². The highest BCUT2D eigenvalue weighted by Gasteiger charge is 2.26. The summed E-state index contributed by atoms with van der Waals surface area (Å²) in [5.41, 5.74) is 0.363. The van der Waals surface area contributed by atoms with E-state index in [4.69, 9.17) is 21.1 Å². The Bertz CT molecular complexity index is 830. The lowest BCUT2D eigenvalue weighted by Crippen LogP contribution is -2.35. The Balaban J connectivity index is 1.47. The highest BCUT2D eigenvalue weighted by atomic mass is 35.5. The van der Waals surface area contributed by atoms with Gasteiger partial charge in [0.2, 0.25) is 5.91 Å². The maximum Gasteiger partial charge on any atom is 0.221 e. The van der Waals surface area contributed by atoms with E-state index in [0.29, 0.717) is 23.8 Å². The first-order valence-corrected chi connectivity index (χ1v) is 9.83. The summed E-state index contributed by atoms with van der Waals surface area (Å²) >= 11 is 5.89. The third kappa shape index (κ3) is 6.25. The Morgan fingerprint density at radius 2 is 2.07 bits per heavy atom. The lowest BCUT2D eigenvalue weighted by atomic mass is 10.2. The zero-order chi connectivity index (χ0) is 20.8. The Hall–Kier alpha value is -2.48. The highest BCUT2D eigenvalue weighted by molar-refractivity contribution is 6.30. The second-order valence-corrected chi connectivity index (χ2v) is 7.48. The largest absolute Gasteiger partial charge is 0.504 e. The van der Waals surface area contributed by atoms with Gasteiger partial charge in [0.05, 0.1) is 5.69 Å². The third-order valence-corrected chi connectivity index (χ3v) is 4.79. The molecular weight excluding hydrogens is 396 g/mol. The van der Waals surface area contributed by atoms with E-state index in [1.807, 2.05) is 12.1 Å². The van der Waals surface area contributed by atoms with Gasteiger partial charge in [-0.2, -0.15) is 0 Å². The molecule has 29 heavy (non-hydrogen) atoms. The van der Waals surface area contributed by atoms with Crippen molar-refractivity contribution in [1.82, 2.24) is 4.90 Å². The highest BCUT2D eigenvalue weighted by Crippen LogP contribution is 2.34. The molecule has 3 N–H and O–H groups in total. The second kappa shape index (κ2) is 9.82. The number of aromatic hydroxyl groups is 1. The van der Waals surface area contributed by atoms with Gasteiger partial charge in [-0.05, 0) is 42.8 Å². The molecule has 0 radical (unpaired) electrons. The number of benzene rings is 2. The molecule has 7 nitrogen and oxygen atoms in total. The Morgan fingerprint density at radius 1 is 1.31 bits per heavy atom. The Labute approximate surface area is 174 Å². The van der Waals surface area contributed by atoms with E-state index in [9.17, 15) is 15.0 Å². The Kier molecular flexibility index (Phi) is 7.19. The summed E-state index contributed by atoms with van der Waals surface area (Å²) < 4.78 is 11.5. The summed E-state index contributed by atoms with van der Waals surface area (Å²) in [4.78, 5) is 13.4. The number of carbonyl (C=O) groups excluding carboxylic acids is 1. The van der Waals surface area contributed by atoms with Gasteiger partial charge in [0.1, 0.15) is 24.6 Å². The maximum absolute atomic E-state index is 11.3. The van der Waals surface area contributed by atoms with Crippen LogP contribution >= 0.6 is 11.6 Å². The molecule has 156 valence electrons. The van der Waals surface area contributed by atoms with Crippen molar-refractivity contribution >= 4 is 23.2 Å². The van der Waals surface area contributed by atoms with Crippen molar-refractivity contribution in [2.75, 3.05) is 31.6 Å². The number of hydrogen-bond acceptors (Lipinski definition) is 6. The van der Waals surface area contributed by atoms with Crippen LogP contribution in [0.4, 0.5) is 5.69 Å². The first kappa shape index (κ1) is 21.2. The zero-order valence-corrected chi connectivity index (χ0v) is 16.9. The molecule has 2 aromatic carbocycles. The summed E-state index contributed by atoms with van der Waals surface area (Å²) in [5, 5.41) is 23.6. The molecule has 0 spiro atoms. The fourth-order valence-corrected chi connectivity index (χ4v) is 3.39. The van der Waals surface area contributed by atoms with Gasteiger partial charge in [0.25, 0.3) is 0 Å². The predicted octanol–water partition coefficient (Wildman–Crippen LogP) is 2.90. The number of para-hydroxylation sites is 1. The van der Waals surface area contributed by atoms with Gasteiger partial charge in [-0.25, -0.2) is 0 Å². The normalized spacial score (nSPS) is 17.7. The van der Waals surface area contributed by atoms with Crippen LogP contribution in [0.15, 0.2) is 42.5 Å². The van der Waals surface area contributed by atoms with Crippen LogP contribution in [0.2, 0.25) is 5.02 Å². The van der Waals surface area contributed by atoms with Crippen molar-refractivity contribution in [3.05, 3.63) is 47.5 Å². The zero-order valence-electron chi connectivity index (χ0n) is 16.2. The molecule has 2 atom stereocenters. The molecule has 0 aromatic heterocycles. The molecule has 8 heteroatoms. The minimum atomic E-state index is -0.755. The van der Waals surface area contributed by atoms with Crippen LogP contribution in [0.3, 0.4) is 0 Å². The summed E-state index contributed by atoms with van der Waals surface area (Å²) in [6, 6.07) is 12.0. The molecule has 3 rings (SSSR count). The quantitative estimate of drug-likeness (QED) is 0.608. The van der Waals surface area contributed by atoms with E-state index in [1.54, 1.807) is 24.3 Å². The summed E-state index contributed by atoms with van der Waals surface area (Å²) in [6.07, 6.45) is 0.158. The van der Waals surface area contributed by atoms with Crippen molar-refractivity contribution in [3.63, 3.8) is 0 Å². The SMILES string of the molecule is CC(=O)Nc1cccc(O)c1OCC(O)CN1CCC(Oc2ccc(Cl)cc2)C1. The number of aliphatic hydroxyl groups excluding tert-OH is 1. The minimum Gasteiger partial charge on any atom is -0.504 e. The van der Waals surface area contributed by atoms with Gasteiger partial charge < -0.3 is 25.0 Å². The number of anilines is 1. The molecule has 1 saturated heterocycles. The average Bonchev–Trinajstić information content (AvgIpc) is 3.09. The number of likely N-dealkylation sites (tertiary alicyclic amines) is 1. The van der Waals surface area contributed by atoms with E-state index in [2.05, 4.69) is 10.2 Å². The number of halogens is 1. The van der Waals surface area contributed by atoms with E-state index in [-0.39, 0.29) is 30.1 Å². The van der Waals surface area contributed by atoms with Crippen molar-refractivity contribution in [1.29, 1.82) is 0 Å². The number of rotatable bonds is 8. The van der Waals surface area contributed by atoms with Crippen LogP contribution in [-0.2, 0) is 4.79 Å². The first-order chi connectivity index (χ1) is 13.9. The van der Waals surface area contributed by atoms with Gasteiger partial charge >= 0.3 is 0 Å². The number of aliphatic hydroxyl groups is 1. The van der Waals surface area contributed by atoms with E-state index in [1.165, 1.54) is 13.0 Å². The molecule has 2 aromatic rings. The van der Waals surface area contributed by atoms with E-state index >= 15 is 0 Å². The summed E-state index contributed by atoms with van der Waals surface area (Å²) in [5.74, 6) is 0.549. The van der Waals surface area contributed by atoms with Crippen molar-refractivity contribution < 1.29 is 24.5 Å². The number of phenolic OH excluding ortho intramolecular Hbond substituents is 1. The van der Waals surface area contributed by atoms with Gasteiger partial charge in [-0.1, -0.05) is 17.7 Å². The molecule has 1 aliphatic heterocycles. The summed E-state index contributed by atoms with van der Waals surface area (Å²) in [6.45, 7) is 3.29. The van der Waals surface area contributed by atoms with Gasteiger partial charge in [-0.15, -0.1) is 0 Å². The number of nitrogens with zero attached hydrogens (tertiary/aromatic N) is 1. The molecule has 1 fully saturated rings. The van der Waals surface area contributed by atoms with Crippen molar-refractivity contribution in [3.8, 4) is 17.2 Å². The Morgan fingerprint density at radius 3 is 2.79 bits per heavy atom. The maximum atomic E-state index is 11.3. The number of ether oxygens (including phenoxy) is 2. The van der Waals surface area contributed by atoms with Crippen LogP contribution in [0.25, 0.3) is 0 Å². The number of hydrogen-bond donors (Lipinski definition) is 3. The molecule has 1 aliphatic rings.